The maximum atomic E-state index is 12.6. The van der Waals surface area contributed by atoms with Crippen LogP contribution in [0, 0.1) is 6.92 Å². The van der Waals surface area contributed by atoms with Crippen molar-refractivity contribution in [1.82, 2.24) is 19.7 Å². The molecule has 1 aromatic heterocycles. The summed E-state index contributed by atoms with van der Waals surface area (Å²) in [7, 11) is 3.26. The number of hydrogen-bond donors (Lipinski definition) is 0. The number of methoxy groups -OCH3 is 2. The quantitative estimate of drug-likeness (QED) is 0.547. The fourth-order valence-corrected chi connectivity index (χ4v) is 3.59. The summed E-state index contributed by atoms with van der Waals surface area (Å²) < 4.78 is 12.2. The van der Waals surface area contributed by atoms with E-state index >= 15 is 0 Å². The molecule has 7 nitrogen and oxygen atoms in total. The number of hydrogen-bond acceptors (Lipinski definition) is 6. The van der Waals surface area contributed by atoms with Crippen molar-refractivity contribution >= 4 is 17.7 Å². The number of nitrogens with zero attached hydrogens (tertiary/aromatic N) is 4. The van der Waals surface area contributed by atoms with Crippen LogP contribution in [0.25, 0.3) is 11.4 Å². The Balaban J connectivity index is 2.08. The third-order valence-corrected chi connectivity index (χ3v) is 5.18. The number of carbonyl (C=O) groups excluding carboxylic acids is 1. The van der Waals surface area contributed by atoms with Gasteiger partial charge in [-0.15, -0.1) is 10.2 Å². The maximum absolute atomic E-state index is 12.6. The predicted molar refractivity (Wildman–Crippen MR) is 107 cm³/mol. The average Bonchev–Trinajstić information content (AvgIpc) is 3.09. The molecular formula is C19H28N4O3S. The van der Waals surface area contributed by atoms with Crippen LogP contribution in [0.2, 0.25) is 0 Å². The molecule has 1 aromatic carbocycles. The molecule has 0 aliphatic rings. The molecule has 0 N–H and O–H groups in total. The summed E-state index contributed by atoms with van der Waals surface area (Å²) in [4.78, 5) is 14.4. The standard InChI is InChI=1S/C19H28N4O3S/c1-5-23-18(16-9-7-6-8-15(16)2)20-21-19(23)27-14-17(24)22(10-12-25-3)11-13-26-4/h6-9H,5,10-14H2,1-4H3. The number of rotatable bonds is 11. The normalized spacial score (nSPS) is 11.0. The van der Waals surface area contributed by atoms with E-state index < -0.39 is 0 Å². The number of amides is 1. The van der Waals surface area contributed by atoms with Crippen LogP contribution < -0.4 is 0 Å². The Bertz CT molecular complexity index is 727. The first-order valence-electron chi connectivity index (χ1n) is 9.00. The van der Waals surface area contributed by atoms with Gasteiger partial charge >= 0.3 is 0 Å². The van der Waals surface area contributed by atoms with E-state index in [-0.39, 0.29) is 5.91 Å². The van der Waals surface area contributed by atoms with Crippen molar-refractivity contribution < 1.29 is 14.3 Å². The molecule has 0 unspecified atom stereocenters. The highest BCUT2D eigenvalue weighted by molar-refractivity contribution is 7.99. The Hall–Kier alpha value is -1.90. The lowest BCUT2D eigenvalue weighted by Crippen LogP contribution is -2.37. The Labute approximate surface area is 165 Å². The molecule has 0 fully saturated rings. The van der Waals surface area contributed by atoms with E-state index in [0.29, 0.717) is 32.1 Å². The Morgan fingerprint density at radius 2 is 1.81 bits per heavy atom. The Morgan fingerprint density at radius 3 is 2.41 bits per heavy atom. The lowest BCUT2D eigenvalue weighted by Gasteiger charge is -2.21. The van der Waals surface area contributed by atoms with E-state index in [1.165, 1.54) is 11.8 Å². The van der Waals surface area contributed by atoms with Crippen LogP contribution in [-0.4, -0.2) is 71.8 Å². The molecule has 8 heteroatoms. The smallest absolute Gasteiger partial charge is 0.233 e. The van der Waals surface area contributed by atoms with Gasteiger partial charge in [0.2, 0.25) is 5.91 Å². The number of benzene rings is 1. The van der Waals surface area contributed by atoms with E-state index in [4.69, 9.17) is 9.47 Å². The van der Waals surface area contributed by atoms with Crippen molar-refractivity contribution in [2.24, 2.45) is 0 Å². The van der Waals surface area contributed by atoms with E-state index in [1.54, 1.807) is 19.1 Å². The molecular weight excluding hydrogens is 364 g/mol. The highest BCUT2D eigenvalue weighted by Crippen LogP contribution is 2.26. The van der Waals surface area contributed by atoms with Gasteiger partial charge in [0.25, 0.3) is 0 Å². The zero-order chi connectivity index (χ0) is 19.6. The van der Waals surface area contributed by atoms with Gasteiger partial charge in [0.15, 0.2) is 11.0 Å². The molecule has 0 radical (unpaired) electrons. The second kappa shape index (κ2) is 11.1. The molecule has 1 amide bonds. The number of aromatic nitrogens is 3. The monoisotopic (exact) mass is 392 g/mol. The third kappa shape index (κ3) is 5.79. The minimum atomic E-state index is 0.0391. The highest BCUT2D eigenvalue weighted by atomic mass is 32.2. The zero-order valence-electron chi connectivity index (χ0n) is 16.5. The fourth-order valence-electron chi connectivity index (χ4n) is 2.69. The lowest BCUT2D eigenvalue weighted by atomic mass is 10.1. The van der Waals surface area contributed by atoms with Crippen molar-refractivity contribution in [1.29, 1.82) is 0 Å². The van der Waals surface area contributed by atoms with Crippen molar-refractivity contribution in [3.05, 3.63) is 29.8 Å². The van der Waals surface area contributed by atoms with Gasteiger partial charge in [-0.3, -0.25) is 4.79 Å². The highest BCUT2D eigenvalue weighted by Gasteiger charge is 2.18. The van der Waals surface area contributed by atoms with Crippen molar-refractivity contribution in [2.75, 3.05) is 46.3 Å². The topological polar surface area (TPSA) is 69.5 Å². The molecule has 1 heterocycles. The Kier molecular flexibility index (Phi) is 8.77. The molecule has 2 aromatic rings. The number of aryl methyl sites for hydroxylation is 1. The molecule has 0 atom stereocenters. The van der Waals surface area contributed by atoms with Crippen LogP contribution in [0.5, 0.6) is 0 Å². The average molecular weight is 393 g/mol. The minimum Gasteiger partial charge on any atom is -0.383 e. The van der Waals surface area contributed by atoms with Gasteiger partial charge in [0.05, 0.1) is 19.0 Å². The SMILES string of the molecule is CCn1c(SCC(=O)N(CCOC)CCOC)nnc1-c1ccccc1C. The Morgan fingerprint density at radius 1 is 1.15 bits per heavy atom. The van der Waals surface area contributed by atoms with Crippen LogP contribution in [0.3, 0.4) is 0 Å². The molecule has 0 aliphatic carbocycles. The summed E-state index contributed by atoms with van der Waals surface area (Å²) in [6.45, 7) is 6.96. The lowest BCUT2D eigenvalue weighted by molar-refractivity contribution is -0.129. The largest absolute Gasteiger partial charge is 0.383 e. The summed E-state index contributed by atoms with van der Waals surface area (Å²) in [5, 5.41) is 9.44. The molecule has 0 aliphatic heterocycles. The van der Waals surface area contributed by atoms with Gasteiger partial charge in [0, 0.05) is 39.4 Å². The van der Waals surface area contributed by atoms with Crippen LogP contribution in [0.4, 0.5) is 0 Å². The van der Waals surface area contributed by atoms with Crippen LogP contribution in [-0.2, 0) is 20.8 Å². The molecule has 148 valence electrons. The third-order valence-electron chi connectivity index (χ3n) is 4.23. The second-order valence-corrected chi connectivity index (χ2v) is 6.96. The first kappa shape index (κ1) is 21.4. The molecule has 2 rings (SSSR count). The first-order valence-corrected chi connectivity index (χ1v) is 9.98. The molecule has 0 saturated heterocycles. The number of thioether (sulfide) groups is 1. The summed E-state index contributed by atoms with van der Waals surface area (Å²) in [6.07, 6.45) is 0. The van der Waals surface area contributed by atoms with Crippen LogP contribution >= 0.6 is 11.8 Å². The van der Waals surface area contributed by atoms with Crippen LogP contribution in [0.15, 0.2) is 29.4 Å². The first-order chi connectivity index (χ1) is 13.1. The van der Waals surface area contributed by atoms with Crippen LogP contribution in [0.1, 0.15) is 12.5 Å². The van der Waals surface area contributed by atoms with E-state index in [0.717, 1.165) is 28.7 Å². The van der Waals surface area contributed by atoms with Gasteiger partial charge in [-0.25, -0.2) is 0 Å². The fraction of sp³-hybridized carbons (Fsp3) is 0.526. The van der Waals surface area contributed by atoms with Gasteiger partial charge in [-0.1, -0.05) is 36.0 Å². The maximum Gasteiger partial charge on any atom is 0.233 e. The molecule has 0 spiro atoms. The van der Waals surface area contributed by atoms with E-state index in [1.807, 2.05) is 18.2 Å². The van der Waals surface area contributed by atoms with Gasteiger partial charge in [0.1, 0.15) is 0 Å². The number of carbonyl (C=O) groups is 1. The molecule has 0 saturated carbocycles. The second-order valence-electron chi connectivity index (χ2n) is 6.02. The molecule has 0 bridgehead atoms. The van der Waals surface area contributed by atoms with Crippen molar-refractivity contribution in [3.63, 3.8) is 0 Å². The predicted octanol–water partition coefficient (Wildman–Crippen LogP) is 2.49. The van der Waals surface area contributed by atoms with Gasteiger partial charge in [-0.05, 0) is 19.4 Å². The minimum absolute atomic E-state index is 0.0391. The summed E-state index contributed by atoms with van der Waals surface area (Å²) >= 11 is 1.41. The van der Waals surface area contributed by atoms with Crippen molar-refractivity contribution in [3.8, 4) is 11.4 Å². The zero-order valence-corrected chi connectivity index (χ0v) is 17.3. The summed E-state index contributed by atoms with van der Waals surface area (Å²) in [5.41, 5.74) is 2.21. The van der Waals surface area contributed by atoms with E-state index in [2.05, 4.69) is 34.7 Å². The molecule has 27 heavy (non-hydrogen) atoms. The van der Waals surface area contributed by atoms with Gasteiger partial charge < -0.3 is 18.9 Å². The van der Waals surface area contributed by atoms with Gasteiger partial charge in [-0.2, -0.15) is 0 Å². The summed E-state index contributed by atoms with van der Waals surface area (Å²) in [6, 6.07) is 8.11. The number of ether oxygens (including phenoxy) is 2. The van der Waals surface area contributed by atoms with E-state index in [9.17, 15) is 4.79 Å². The van der Waals surface area contributed by atoms with Crippen molar-refractivity contribution in [2.45, 2.75) is 25.5 Å². The summed E-state index contributed by atoms with van der Waals surface area (Å²) in [5.74, 6) is 1.18.